The highest BCUT2D eigenvalue weighted by Gasteiger charge is 2.20. The Bertz CT molecular complexity index is 638. The standard InChI is InChI=1S/C13H12ClNO3S/c1-15(7-6-10(16)17)13(18)12-11(14)8-4-2-3-5-9(8)19-12/h2-5H,6-7H2,1H3,(H,16,17). The zero-order valence-electron chi connectivity index (χ0n) is 10.2. The number of carboxylic acids is 1. The van der Waals surface area contributed by atoms with Crippen molar-refractivity contribution >= 4 is 44.9 Å². The Balaban J connectivity index is 2.26. The van der Waals surface area contributed by atoms with E-state index in [0.717, 1.165) is 10.1 Å². The van der Waals surface area contributed by atoms with E-state index in [1.165, 1.54) is 16.2 Å². The van der Waals surface area contributed by atoms with E-state index in [4.69, 9.17) is 16.7 Å². The molecule has 4 nitrogen and oxygen atoms in total. The van der Waals surface area contributed by atoms with Gasteiger partial charge >= 0.3 is 5.97 Å². The highest BCUT2D eigenvalue weighted by atomic mass is 35.5. The second-order valence-corrected chi connectivity index (χ2v) is 5.54. The van der Waals surface area contributed by atoms with Gasteiger partial charge in [-0.3, -0.25) is 9.59 Å². The number of benzene rings is 1. The Morgan fingerprint density at radius 1 is 1.37 bits per heavy atom. The minimum Gasteiger partial charge on any atom is -0.481 e. The summed E-state index contributed by atoms with van der Waals surface area (Å²) in [5, 5.41) is 9.91. The zero-order chi connectivity index (χ0) is 14.0. The Labute approximate surface area is 119 Å². The predicted molar refractivity (Wildman–Crippen MR) is 76.0 cm³/mol. The van der Waals surface area contributed by atoms with E-state index in [2.05, 4.69) is 0 Å². The molecule has 0 saturated heterocycles. The molecule has 2 rings (SSSR count). The molecule has 0 bridgehead atoms. The van der Waals surface area contributed by atoms with Crippen LogP contribution in [-0.4, -0.2) is 35.5 Å². The number of halogens is 1. The van der Waals surface area contributed by atoms with Crippen molar-refractivity contribution in [3.05, 3.63) is 34.2 Å². The summed E-state index contributed by atoms with van der Waals surface area (Å²) < 4.78 is 0.947. The number of rotatable bonds is 4. The summed E-state index contributed by atoms with van der Waals surface area (Å²) in [7, 11) is 1.58. The van der Waals surface area contributed by atoms with Gasteiger partial charge in [-0.15, -0.1) is 11.3 Å². The lowest BCUT2D eigenvalue weighted by molar-refractivity contribution is -0.137. The molecule has 1 N–H and O–H groups in total. The van der Waals surface area contributed by atoms with Crippen LogP contribution in [0.15, 0.2) is 24.3 Å². The Morgan fingerprint density at radius 2 is 2.05 bits per heavy atom. The van der Waals surface area contributed by atoms with Gasteiger partial charge in [0.05, 0.1) is 11.4 Å². The number of amides is 1. The molecule has 6 heteroatoms. The molecule has 0 saturated carbocycles. The number of fused-ring (bicyclic) bond motifs is 1. The van der Waals surface area contributed by atoms with Crippen LogP contribution in [-0.2, 0) is 4.79 Å². The van der Waals surface area contributed by atoms with E-state index in [1.54, 1.807) is 7.05 Å². The van der Waals surface area contributed by atoms with E-state index in [-0.39, 0.29) is 18.9 Å². The number of carbonyl (C=O) groups excluding carboxylic acids is 1. The molecular formula is C13H12ClNO3S. The van der Waals surface area contributed by atoms with Gasteiger partial charge in [0, 0.05) is 23.7 Å². The lowest BCUT2D eigenvalue weighted by atomic mass is 10.2. The third-order valence-corrected chi connectivity index (χ3v) is 4.40. The molecule has 1 aromatic carbocycles. The van der Waals surface area contributed by atoms with Crippen molar-refractivity contribution in [2.75, 3.05) is 13.6 Å². The predicted octanol–water partition coefficient (Wildman–Crippen LogP) is 3.10. The summed E-state index contributed by atoms with van der Waals surface area (Å²) in [6.07, 6.45) is -0.0786. The Hall–Kier alpha value is -1.59. The molecule has 0 aliphatic carbocycles. The molecule has 2 aromatic rings. The van der Waals surface area contributed by atoms with Crippen LogP contribution in [0.5, 0.6) is 0 Å². The Morgan fingerprint density at radius 3 is 2.68 bits per heavy atom. The molecule has 0 spiro atoms. The second-order valence-electron chi connectivity index (χ2n) is 4.11. The molecule has 0 radical (unpaired) electrons. The topological polar surface area (TPSA) is 57.6 Å². The molecule has 0 fully saturated rings. The summed E-state index contributed by atoms with van der Waals surface area (Å²) in [5.41, 5.74) is 0. The van der Waals surface area contributed by atoms with E-state index in [1.807, 2.05) is 24.3 Å². The highest BCUT2D eigenvalue weighted by Crippen LogP contribution is 2.35. The molecule has 1 amide bonds. The third-order valence-electron chi connectivity index (χ3n) is 2.74. The van der Waals surface area contributed by atoms with Gasteiger partial charge in [-0.25, -0.2) is 0 Å². The van der Waals surface area contributed by atoms with Crippen LogP contribution in [0.2, 0.25) is 5.02 Å². The van der Waals surface area contributed by atoms with Crippen LogP contribution >= 0.6 is 22.9 Å². The van der Waals surface area contributed by atoms with E-state index in [0.29, 0.717) is 9.90 Å². The van der Waals surface area contributed by atoms with Gasteiger partial charge in [0.15, 0.2) is 0 Å². The minimum absolute atomic E-state index is 0.0786. The van der Waals surface area contributed by atoms with Gasteiger partial charge in [-0.1, -0.05) is 29.8 Å². The first-order chi connectivity index (χ1) is 9.00. The van der Waals surface area contributed by atoms with Gasteiger partial charge in [0.1, 0.15) is 4.88 Å². The van der Waals surface area contributed by atoms with Crippen LogP contribution in [0.4, 0.5) is 0 Å². The van der Waals surface area contributed by atoms with Gasteiger partial charge in [0.25, 0.3) is 5.91 Å². The molecule has 1 heterocycles. The van der Waals surface area contributed by atoms with Gasteiger partial charge < -0.3 is 10.0 Å². The average Bonchev–Trinajstić information content (AvgIpc) is 2.73. The summed E-state index contributed by atoms with van der Waals surface area (Å²) in [4.78, 5) is 24.5. The van der Waals surface area contributed by atoms with E-state index in [9.17, 15) is 9.59 Å². The maximum atomic E-state index is 12.2. The van der Waals surface area contributed by atoms with Gasteiger partial charge in [-0.2, -0.15) is 0 Å². The van der Waals surface area contributed by atoms with Crippen molar-refractivity contribution in [3.63, 3.8) is 0 Å². The molecule has 0 unspecified atom stereocenters. The summed E-state index contributed by atoms with van der Waals surface area (Å²) in [6, 6.07) is 7.52. The fraction of sp³-hybridized carbons (Fsp3) is 0.231. The van der Waals surface area contributed by atoms with Crippen molar-refractivity contribution in [2.45, 2.75) is 6.42 Å². The molecule has 100 valence electrons. The largest absolute Gasteiger partial charge is 0.481 e. The summed E-state index contributed by atoms with van der Waals surface area (Å²) in [5.74, 6) is -1.17. The maximum Gasteiger partial charge on any atom is 0.305 e. The van der Waals surface area contributed by atoms with Crippen molar-refractivity contribution < 1.29 is 14.7 Å². The lowest BCUT2D eigenvalue weighted by Crippen LogP contribution is -2.28. The smallest absolute Gasteiger partial charge is 0.305 e. The zero-order valence-corrected chi connectivity index (χ0v) is 11.8. The maximum absolute atomic E-state index is 12.2. The number of hydrogen-bond acceptors (Lipinski definition) is 3. The normalized spacial score (nSPS) is 10.6. The number of thiophene rings is 1. The molecule has 19 heavy (non-hydrogen) atoms. The van der Waals surface area contributed by atoms with Gasteiger partial charge in [-0.05, 0) is 6.07 Å². The molecule has 0 aliphatic heterocycles. The first-order valence-corrected chi connectivity index (χ1v) is 6.84. The van der Waals surface area contributed by atoms with Crippen LogP contribution in [0.1, 0.15) is 16.1 Å². The van der Waals surface area contributed by atoms with E-state index >= 15 is 0 Å². The monoisotopic (exact) mass is 297 g/mol. The second kappa shape index (κ2) is 5.59. The number of hydrogen-bond donors (Lipinski definition) is 1. The lowest BCUT2D eigenvalue weighted by Gasteiger charge is -2.14. The fourth-order valence-corrected chi connectivity index (χ4v) is 3.20. The number of carbonyl (C=O) groups is 2. The molecule has 0 aliphatic rings. The number of carboxylic acid groups (broad SMARTS) is 1. The van der Waals surface area contributed by atoms with Gasteiger partial charge in [0.2, 0.25) is 0 Å². The summed E-state index contributed by atoms with van der Waals surface area (Å²) >= 11 is 7.53. The van der Waals surface area contributed by atoms with Crippen LogP contribution in [0.3, 0.4) is 0 Å². The highest BCUT2D eigenvalue weighted by molar-refractivity contribution is 7.21. The van der Waals surface area contributed by atoms with Crippen molar-refractivity contribution in [1.29, 1.82) is 0 Å². The minimum atomic E-state index is -0.929. The molecular weight excluding hydrogens is 286 g/mol. The number of aliphatic carboxylic acids is 1. The van der Waals surface area contributed by atoms with Crippen LogP contribution in [0, 0.1) is 0 Å². The van der Waals surface area contributed by atoms with Crippen molar-refractivity contribution in [1.82, 2.24) is 4.90 Å². The van der Waals surface area contributed by atoms with Crippen LogP contribution < -0.4 is 0 Å². The molecule has 0 atom stereocenters. The van der Waals surface area contributed by atoms with Crippen LogP contribution in [0.25, 0.3) is 10.1 Å². The van der Waals surface area contributed by atoms with Crippen molar-refractivity contribution in [2.24, 2.45) is 0 Å². The fourth-order valence-electron chi connectivity index (χ4n) is 1.69. The van der Waals surface area contributed by atoms with E-state index < -0.39 is 5.97 Å². The quantitative estimate of drug-likeness (QED) is 0.943. The Kier molecular flexibility index (Phi) is 4.07. The SMILES string of the molecule is CN(CCC(=O)O)C(=O)c1sc2ccccc2c1Cl. The van der Waals surface area contributed by atoms with Crippen molar-refractivity contribution in [3.8, 4) is 0 Å². The number of nitrogens with zero attached hydrogens (tertiary/aromatic N) is 1. The third kappa shape index (κ3) is 2.88. The average molecular weight is 298 g/mol. The summed E-state index contributed by atoms with van der Waals surface area (Å²) in [6.45, 7) is 0.165. The first-order valence-electron chi connectivity index (χ1n) is 5.65. The molecule has 1 aromatic heterocycles. The first kappa shape index (κ1) is 13.8.